The third kappa shape index (κ3) is 6.93. The predicted octanol–water partition coefficient (Wildman–Crippen LogP) is 7.73. The molecule has 0 saturated carbocycles. The summed E-state index contributed by atoms with van der Waals surface area (Å²) in [6.07, 6.45) is 2.20. The van der Waals surface area contributed by atoms with E-state index in [9.17, 15) is 10.1 Å². The van der Waals surface area contributed by atoms with E-state index in [4.69, 9.17) is 44.3 Å². The van der Waals surface area contributed by atoms with Crippen molar-refractivity contribution in [2.45, 2.75) is 26.9 Å². The van der Waals surface area contributed by atoms with Gasteiger partial charge in [0, 0.05) is 21.3 Å². The Balaban J connectivity index is 1.87. The van der Waals surface area contributed by atoms with Crippen LogP contribution in [-0.4, -0.2) is 12.5 Å². The van der Waals surface area contributed by atoms with Crippen LogP contribution >= 0.6 is 34.8 Å². The average molecular weight is 530 g/mol. The highest BCUT2D eigenvalue weighted by Crippen LogP contribution is 2.38. The Kier molecular flexibility index (Phi) is 9.45. The van der Waals surface area contributed by atoms with Gasteiger partial charge in [-0.25, -0.2) is 0 Å². The summed E-state index contributed by atoms with van der Waals surface area (Å²) in [6, 6.07) is 17.8. The van der Waals surface area contributed by atoms with Gasteiger partial charge in [-0.3, -0.25) is 4.79 Å². The zero-order valence-corrected chi connectivity index (χ0v) is 21.5. The number of carbonyl (C=O) groups excluding carboxylic acids is 1. The SMILES string of the molecule is CCOc1cc(/C=C(\C#N)C(=O)Nc2ccccc2CC)cc(Cl)c1OCc1ccc(Cl)cc1Cl. The molecule has 3 aromatic carbocycles. The Bertz CT molecular complexity index is 1300. The van der Waals surface area contributed by atoms with Gasteiger partial charge in [-0.15, -0.1) is 0 Å². The second-order valence-corrected chi connectivity index (χ2v) is 8.67. The number of hydrogen-bond acceptors (Lipinski definition) is 4. The van der Waals surface area contributed by atoms with Gasteiger partial charge in [0.05, 0.1) is 11.6 Å². The summed E-state index contributed by atoms with van der Waals surface area (Å²) in [6.45, 7) is 4.33. The third-order valence-corrected chi connectivity index (χ3v) is 5.91. The van der Waals surface area contributed by atoms with E-state index in [0.717, 1.165) is 17.5 Å². The summed E-state index contributed by atoms with van der Waals surface area (Å²) in [5.74, 6) is 0.196. The van der Waals surface area contributed by atoms with Crippen LogP contribution in [0.25, 0.3) is 6.08 Å². The monoisotopic (exact) mass is 528 g/mol. The van der Waals surface area contributed by atoms with Crippen molar-refractivity contribution in [2.24, 2.45) is 0 Å². The largest absolute Gasteiger partial charge is 0.490 e. The van der Waals surface area contributed by atoms with Gasteiger partial charge in [0.25, 0.3) is 5.91 Å². The van der Waals surface area contributed by atoms with E-state index in [2.05, 4.69) is 5.32 Å². The topological polar surface area (TPSA) is 71.3 Å². The second kappa shape index (κ2) is 12.5. The van der Waals surface area contributed by atoms with Crippen molar-refractivity contribution in [3.63, 3.8) is 0 Å². The maximum absolute atomic E-state index is 12.8. The summed E-state index contributed by atoms with van der Waals surface area (Å²) in [7, 11) is 0. The quantitative estimate of drug-likeness (QED) is 0.227. The molecule has 0 atom stereocenters. The van der Waals surface area contributed by atoms with Gasteiger partial charge >= 0.3 is 0 Å². The lowest BCUT2D eigenvalue weighted by Gasteiger charge is -2.15. The molecule has 0 aliphatic heterocycles. The van der Waals surface area contributed by atoms with Crippen molar-refractivity contribution in [1.82, 2.24) is 0 Å². The van der Waals surface area contributed by atoms with Crippen molar-refractivity contribution in [2.75, 3.05) is 11.9 Å². The van der Waals surface area contributed by atoms with Crippen molar-refractivity contribution < 1.29 is 14.3 Å². The van der Waals surface area contributed by atoms with Crippen LogP contribution in [-0.2, 0) is 17.8 Å². The number of amides is 1. The molecule has 1 N–H and O–H groups in total. The number of carbonyl (C=O) groups is 1. The van der Waals surface area contributed by atoms with Crippen LogP contribution in [0.15, 0.2) is 60.2 Å². The van der Waals surface area contributed by atoms with Gasteiger partial charge in [-0.1, -0.05) is 66.0 Å². The molecule has 0 fully saturated rings. The first kappa shape index (κ1) is 26.4. The third-order valence-electron chi connectivity index (χ3n) is 5.04. The molecule has 0 heterocycles. The molecule has 0 saturated heterocycles. The highest BCUT2D eigenvalue weighted by Gasteiger charge is 2.16. The average Bonchev–Trinajstić information content (AvgIpc) is 2.83. The number of nitriles is 1. The summed E-state index contributed by atoms with van der Waals surface area (Å²) < 4.78 is 11.6. The van der Waals surface area contributed by atoms with Gasteiger partial charge in [-0.2, -0.15) is 5.26 Å². The molecule has 0 unspecified atom stereocenters. The summed E-state index contributed by atoms with van der Waals surface area (Å²) in [5, 5.41) is 13.7. The number of benzene rings is 3. The number of nitrogens with zero attached hydrogens (tertiary/aromatic N) is 1. The molecule has 0 aliphatic rings. The normalized spacial score (nSPS) is 11.0. The minimum absolute atomic E-state index is 0.0731. The Morgan fingerprint density at radius 1 is 1.00 bits per heavy atom. The molecule has 5 nitrogen and oxygen atoms in total. The van der Waals surface area contributed by atoms with Crippen LogP contribution in [0.3, 0.4) is 0 Å². The highest BCUT2D eigenvalue weighted by molar-refractivity contribution is 6.35. The molecule has 3 aromatic rings. The lowest BCUT2D eigenvalue weighted by Crippen LogP contribution is -2.14. The summed E-state index contributed by atoms with van der Waals surface area (Å²) in [4.78, 5) is 12.8. The number of para-hydroxylation sites is 1. The maximum Gasteiger partial charge on any atom is 0.266 e. The molecule has 0 bridgehead atoms. The van der Waals surface area contributed by atoms with Crippen LogP contribution in [0.4, 0.5) is 5.69 Å². The van der Waals surface area contributed by atoms with Crippen LogP contribution in [0.5, 0.6) is 11.5 Å². The van der Waals surface area contributed by atoms with E-state index in [0.29, 0.717) is 39.4 Å². The zero-order valence-electron chi connectivity index (χ0n) is 19.2. The van der Waals surface area contributed by atoms with Crippen LogP contribution in [0, 0.1) is 11.3 Å². The summed E-state index contributed by atoms with van der Waals surface area (Å²) in [5.41, 5.74) is 2.82. The van der Waals surface area contributed by atoms with Crippen molar-refractivity contribution in [3.8, 4) is 17.6 Å². The molecule has 0 radical (unpaired) electrons. The Morgan fingerprint density at radius 3 is 2.46 bits per heavy atom. The van der Waals surface area contributed by atoms with Gasteiger partial charge in [0.1, 0.15) is 18.2 Å². The van der Waals surface area contributed by atoms with E-state index in [-0.39, 0.29) is 17.2 Å². The molecule has 0 spiro atoms. The van der Waals surface area contributed by atoms with Crippen LogP contribution in [0.2, 0.25) is 15.1 Å². The lowest BCUT2D eigenvalue weighted by atomic mass is 10.1. The van der Waals surface area contributed by atoms with Gasteiger partial charge in [-0.05, 0) is 60.9 Å². The van der Waals surface area contributed by atoms with E-state index >= 15 is 0 Å². The Labute approximate surface area is 219 Å². The van der Waals surface area contributed by atoms with Gasteiger partial charge in [0.2, 0.25) is 0 Å². The number of ether oxygens (including phenoxy) is 2. The first-order valence-corrected chi connectivity index (χ1v) is 12.0. The Morgan fingerprint density at radius 2 is 1.77 bits per heavy atom. The molecule has 0 aliphatic carbocycles. The fraction of sp³-hybridized carbons (Fsp3) is 0.185. The molecule has 180 valence electrons. The number of nitrogens with one attached hydrogen (secondary N) is 1. The number of rotatable bonds is 9. The lowest BCUT2D eigenvalue weighted by molar-refractivity contribution is -0.112. The first-order valence-electron chi connectivity index (χ1n) is 10.9. The minimum atomic E-state index is -0.514. The minimum Gasteiger partial charge on any atom is -0.490 e. The molecule has 0 aromatic heterocycles. The smallest absolute Gasteiger partial charge is 0.266 e. The fourth-order valence-electron chi connectivity index (χ4n) is 3.32. The highest BCUT2D eigenvalue weighted by atomic mass is 35.5. The predicted molar refractivity (Wildman–Crippen MR) is 141 cm³/mol. The van der Waals surface area contributed by atoms with Crippen LogP contribution in [0.1, 0.15) is 30.5 Å². The van der Waals surface area contributed by atoms with E-state index in [1.165, 1.54) is 6.08 Å². The molecule has 35 heavy (non-hydrogen) atoms. The van der Waals surface area contributed by atoms with Gasteiger partial charge in [0.15, 0.2) is 11.5 Å². The first-order chi connectivity index (χ1) is 16.9. The molecule has 3 rings (SSSR count). The zero-order chi connectivity index (χ0) is 25.4. The van der Waals surface area contributed by atoms with E-state index < -0.39 is 5.91 Å². The maximum atomic E-state index is 12.8. The van der Waals surface area contributed by atoms with Crippen molar-refractivity contribution in [3.05, 3.63) is 91.9 Å². The standard InChI is InChI=1S/C27H23Cl3N2O3/c1-3-18-7-5-6-8-24(18)32-27(33)20(15-31)11-17-12-23(30)26(25(13-17)34-4-2)35-16-19-9-10-21(28)14-22(19)29/h5-14H,3-4,16H2,1-2H3,(H,32,33)/b20-11+. The number of hydrogen-bond donors (Lipinski definition) is 1. The fourth-order valence-corrected chi connectivity index (χ4v) is 4.06. The van der Waals surface area contributed by atoms with E-state index in [1.54, 1.807) is 36.4 Å². The van der Waals surface area contributed by atoms with E-state index in [1.807, 2.05) is 38.1 Å². The van der Waals surface area contributed by atoms with Crippen LogP contribution < -0.4 is 14.8 Å². The van der Waals surface area contributed by atoms with Gasteiger partial charge < -0.3 is 14.8 Å². The number of halogens is 3. The number of aryl methyl sites for hydroxylation is 1. The Hall–Kier alpha value is -3.17. The molecular formula is C27H23Cl3N2O3. The molecule has 1 amide bonds. The molecular weight excluding hydrogens is 507 g/mol. The van der Waals surface area contributed by atoms with Crippen molar-refractivity contribution in [1.29, 1.82) is 5.26 Å². The summed E-state index contributed by atoms with van der Waals surface area (Å²) >= 11 is 18.7. The number of anilines is 1. The molecule has 8 heteroatoms. The second-order valence-electron chi connectivity index (χ2n) is 7.42. The van der Waals surface area contributed by atoms with Crippen molar-refractivity contribution >= 4 is 52.5 Å².